The molecule has 0 radical (unpaired) electrons. The molecule has 0 saturated carbocycles. The average molecular weight is 327 g/mol. The Bertz CT molecular complexity index is 685. The van der Waals surface area contributed by atoms with E-state index in [4.69, 9.17) is 0 Å². The van der Waals surface area contributed by atoms with E-state index in [1.54, 1.807) is 13.0 Å². The Morgan fingerprint density at radius 1 is 1.33 bits per heavy atom. The zero-order valence-electron chi connectivity index (χ0n) is 11.8. The Morgan fingerprint density at radius 3 is 2.81 bits per heavy atom. The Morgan fingerprint density at radius 2 is 2.14 bits per heavy atom. The van der Waals surface area contributed by atoms with E-state index in [-0.39, 0.29) is 10.8 Å². The summed E-state index contributed by atoms with van der Waals surface area (Å²) in [5.41, 5.74) is 0. The fourth-order valence-corrected chi connectivity index (χ4v) is 4.29. The van der Waals surface area contributed by atoms with Gasteiger partial charge in [0.2, 0.25) is 0 Å². The molecule has 0 aromatic carbocycles. The fraction of sp³-hybridized carbons (Fsp3) is 0.417. The molecule has 2 heterocycles. The molecule has 0 atom stereocenters. The summed E-state index contributed by atoms with van der Waals surface area (Å²) < 4.78 is 27.0. The highest BCUT2D eigenvalue weighted by atomic mass is 32.2. The quantitative estimate of drug-likeness (QED) is 0.749. The first-order valence-corrected chi connectivity index (χ1v) is 8.79. The molecule has 0 unspecified atom stereocenters. The summed E-state index contributed by atoms with van der Waals surface area (Å²) in [6.07, 6.45) is 3.80. The second-order valence-corrected chi connectivity index (χ2v) is 7.37. The largest absolute Gasteiger partial charge is 0.312 e. The maximum Gasteiger partial charge on any atom is 0.265 e. The number of thiophene rings is 1. The van der Waals surface area contributed by atoms with Crippen LogP contribution >= 0.6 is 11.3 Å². The SMILES string of the molecule is CCCNCc1cc(S(=O)(=O)Nc2nccnn2)c(C)s1. The summed E-state index contributed by atoms with van der Waals surface area (Å²) in [5.74, 6) is -0.0336. The molecule has 0 aliphatic carbocycles. The third-order valence-electron chi connectivity index (χ3n) is 2.65. The van der Waals surface area contributed by atoms with Gasteiger partial charge in [-0.05, 0) is 26.0 Å². The van der Waals surface area contributed by atoms with Crippen molar-refractivity contribution in [2.75, 3.05) is 11.3 Å². The van der Waals surface area contributed by atoms with E-state index in [9.17, 15) is 8.42 Å². The lowest BCUT2D eigenvalue weighted by Gasteiger charge is -2.04. The first kappa shape index (κ1) is 15.8. The molecule has 2 N–H and O–H groups in total. The van der Waals surface area contributed by atoms with Gasteiger partial charge in [0.05, 0.1) is 12.4 Å². The number of hydrogen-bond acceptors (Lipinski definition) is 7. The van der Waals surface area contributed by atoms with Crippen LogP contribution in [0, 0.1) is 6.92 Å². The zero-order valence-corrected chi connectivity index (χ0v) is 13.5. The van der Waals surface area contributed by atoms with Gasteiger partial charge in [0.15, 0.2) is 0 Å². The van der Waals surface area contributed by atoms with Crippen molar-refractivity contribution >= 4 is 27.3 Å². The average Bonchev–Trinajstić information content (AvgIpc) is 2.82. The van der Waals surface area contributed by atoms with E-state index >= 15 is 0 Å². The van der Waals surface area contributed by atoms with E-state index in [1.165, 1.54) is 23.7 Å². The molecule has 2 aromatic rings. The van der Waals surface area contributed by atoms with Crippen LogP contribution in [0.2, 0.25) is 0 Å². The molecule has 9 heteroatoms. The lowest BCUT2D eigenvalue weighted by molar-refractivity contribution is 0.600. The summed E-state index contributed by atoms with van der Waals surface area (Å²) in [6, 6.07) is 1.68. The molecule has 7 nitrogen and oxygen atoms in total. The summed E-state index contributed by atoms with van der Waals surface area (Å²) in [5, 5.41) is 10.5. The van der Waals surface area contributed by atoms with Gasteiger partial charge in [0.25, 0.3) is 16.0 Å². The maximum atomic E-state index is 12.3. The number of anilines is 1. The van der Waals surface area contributed by atoms with E-state index in [0.717, 1.165) is 22.7 Å². The van der Waals surface area contributed by atoms with Crippen LogP contribution in [-0.4, -0.2) is 30.1 Å². The molecule has 0 bridgehead atoms. The second kappa shape index (κ2) is 6.92. The van der Waals surface area contributed by atoms with Crippen molar-refractivity contribution in [1.29, 1.82) is 0 Å². The van der Waals surface area contributed by atoms with Gasteiger partial charge in [-0.25, -0.2) is 18.1 Å². The van der Waals surface area contributed by atoms with Gasteiger partial charge >= 0.3 is 0 Å². The lowest BCUT2D eigenvalue weighted by atomic mass is 10.4. The zero-order chi connectivity index (χ0) is 15.3. The van der Waals surface area contributed by atoms with Crippen molar-refractivity contribution in [3.63, 3.8) is 0 Å². The molecule has 0 amide bonds. The minimum atomic E-state index is -3.69. The fourth-order valence-electron chi connectivity index (χ4n) is 1.74. The van der Waals surface area contributed by atoms with Gasteiger partial charge in [-0.2, -0.15) is 5.10 Å². The topological polar surface area (TPSA) is 96.9 Å². The van der Waals surface area contributed by atoms with E-state index in [0.29, 0.717) is 6.54 Å². The lowest BCUT2D eigenvalue weighted by Crippen LogP contribution is -2.15. The molecular weight excluding hydrogens is 310 g/mol. The molecule has 2 aromatic heterocycles. The molecule has 114 valence electrons. The van der Waals surface area contributed by atoms with Crippen LogP contribution in [0.5, 0.6) is 0 Å². The first-order chi connectivity index (χ1) is 10.0. The van der Waals surface area contributed by atoms with Crippen LogP contribution in [0.4, 0.5) is 5.95 Å². The second-order valence-electron chi connectivity index (χ2n) is 4.38. The molecule has 0 aliphatic heterocycles. The Balaban J connectivity index is 2.16. The Hall–Kier alpha value is -1.58. The number of nitrogens with zero attached hydrogens (tertiary/aromatic N) is 3. The summed E-state index contributed by atoms with van der Waals surface area (Å²) in [6.45, 7) is 5.44. The van der Waals surface area contributed by atoms with Gasteiger partial charge in [0, 0.05) is 16.3 Å². The van der Waals surface area contributed by atoms with Crippen molar-refractivity contribution in [2.45, 2.75) is 31.7 Å². The molecule has 2 rings (SSSR count). The van der Waals surface area contributed by atoms with Crippen molar-refractivity contribution < 1.29 is 8.42 Å². The molecular formula is C12H17N5O2S2. The van der Waals surface area contributed by atoms with Crippen LogP contribution in [0.15, 0.2) is 23.4 Å². The van der Waals surface area contributed by atoms with Gasteiger partial charge in [-0.3, -0.25) is 0 Å². The Labute approximate surface area is 127 Å². The van der Waals surface area contributed by atoms with Crippen LogP contribution in [0.1, 0.15) is 23.1 Å². The van der Waals surface area contributed by atoms with Crippen LogP contribution < -0.4 is 10.0 Å². The van der Waals surface area contributed by atoms with Crippen LogP contribution in [0.25, 0.3) is 0 Å². The third-order valence-corrected chi connectivity index (χ3v) is 5.28. The van der Waals surface area contributed by atoms with E-state index in [2.05, 4.69) is 32.1 Å². The monoisotopic (exact) mass is 327 g/mol. The molecule has 0 fully saturated rings. The molecule has 0 spiro atoms. The van der Waals surface area contributed by atoms with Crippen LogP contribution in [-0.2, 0) is 16.6 Å². The highest BCUT2D eigenvalue weighted by molar-refractivity contribution is 7.92. The highest BCUT2D eigenvalue weighted by Gasteiger charge is 2.21. The number of aryl methyl sites for hydroxylation is 1. The smallest absolute Gasteiger partial charge is 0.265 e. The summed E-state index contributed by atoms with van der Waals surface area (Å²) >= 11 is 1.46. The van der Waals surface area contributed by atoms with Gasteiger partial charge < -0.3 is 5.32 Å². The van der Waals surface area contributed by atoms with E-state index < -0.39 is 10.0 Å². The van der Waals surface area contributed by atoms with Crippen LogP contribution in [0.3, 0.4) is 0 Å². The van der Waals surface area contributed by atoms with Crippen molar-refractivity contribution in [3.05, 3.63) is 28.2 Å². The standard InChI is InChI=1S/C12H17N5O2S2/c1-3-4-13-8-10-7-11(9(2)20-10)21(18,19)17-12-14-5-6-15-16-12/h5-7,13H,3-4,8H2,1-2H3,(H,14,16,17). The van der Waals surface area contributed by atoms with Gasteiger partial charge in [0.1, 0.15) is 4.90 Å². The summed E-state index contributed by atoms with van der Waals surface area (Å²) in [4.78, 5) is 5.79. The first-order valence-electron chi connectivity index (χ1n) is 6.49. The number of rotatable bonds is 7. The summed E-state index contributed by atoms with van der Waals surface area (Å²) in [7, 11) is -3.69. The molecule has 21 heavy (non-hydrogen) atoms. The minimum absolute atomic E-state index is 0.0336. The number of sulfonamides is 1. The number of aromatic nitrogens is 3. The minimum Gasteiger partial charge on any atom is -0.312 e. The van der Waals surface area contributed by atoms with Crippen molar-refractivity contribution in [2.24, 2.45) is 0 Å². The molecule has 0 saturated heterocycles. The highest BCUT2D eigenvalue weighted by Crippen LogP contribution is 2.26. The Kier molecular flexibility index (Phi) is 5.21. The number of hydrogen-bond donors (Lipinski definition) is 2. The van der Waals surface area contributed by atoms with E-state index in [1.807, 2.05) is 0 Å². The number of nitrogens with one attached hydrogen (secondary N) is 2. The maximum absolute atomic E-state index is 12.3. The van der Waals surface area contributed by atoms with Crippen molar-refractivity contribution in [3.8, 4) is 0 Å². The van der Waals surface area contributed by atoms with Gasteiger partial charge in [-0.15, -0.1) is 16.4 Å². The predicted molar refractivity (Wildman–Crippen MR) is 81.7 cm³/mol. The molecule has 0 aliphatic rings. The van der Waals surface area contributed by atoms with Crippen molar-refractivity contribution in [1.82, 2.24) is 20.5 Å². The third kappa shape index (κ3) is 4.19. The van der Waals surface area contributed by atoms with Gasteiger partial charge in [-0.1, -0.05) is 6.92 Å². The predicted octanol–water partition coefficient (Wildman–Crippen LogP) is 1.54. The normalized spacial score (nSPS) is 11.5.